The lowest BCUT2D eigenvalue weighted by Crippen LogP contribution is -2.02. The van der Waals surface area contributed by atoms with E-state index in [1.807, 2.05) is 0 Å². The molecule has 1 aromatic heterocycles. The molecule has 1 aromatic carbocycles. The molecule has 0 bridgehead atoms. The SMILES string of the molecule is COC(=O)c1sc(-c2ccc(F)cc2)nc1C(Br)Br. The van der Waals surface area contributed by atoms with Crippen LogP contribution < -0.4 is 0 Å². The Kier molecular flexibility index (Phi) is 4.70. The van der Waals surface area contributed by atoms with Crippen molar-refractivity contribution < 1.29 is 13.9 Å². The van der Waals surface area contributed by atoms with E-state index < -0.39 is 5.97 Å². The highest BCUT2D eigenvalue weighted by Crippen LogP contribution is 2.37. The van der Waals surface area contributed by atoms with Crippen LogP contribution in [0.2, 0.25) is 0 Å². The van der Waals surface area contributed by atoms with Crippen molar-refractivity contribution in [2.75, 3.05) is 7.11 Å². The van der Waals surface area contributed by atoms with Crippen molar-refractivity contribution in [2.45, 2.75) is 3.74 Å². The van der Waals surface area contributed by atoms with E-state index in [1.54, 1.807) is 12.1 Å². The highest BCUT2D eigenvalue weighted by Gasteiger charge is 2.23. The van der Waals surface area contributed by atoms with Crippen molar-refractivity contribution in [1.29, 1.82) is 0 Å². The minimum Gasteiger partial charge on any atom is -0.465 e. The van der Waals surface area contributed by atoms with E-state index in [0.29, 0.717) is 15.6 Å². The van der Waals surface area contributed by atoms with Gasteiger partial charge in [-0.25, -0.2) is 14.2 Å². The number of ether oxygens (including phenoxy) is 1. The van der Waals surface area contributed by atoms with Crippen molar-refractivity contribution in [2.24, 2.45) is 0 Å². The Morgan fingerprint density at radius 2 is 2.00 bits per heavy atom. The van der Waals surface area contributed by atoms with Crippen LogP contribution in [0.1, 0.15) is 19.1 Å². The fourth-order valence-electron chi connectivity index (χ4n) is 1.43. The van der Waals surface area contributed by atoms with Crippen molar-refractivity contribution in [3.05, 3.63) is 40.7 Å². The Morgan fingerprint density at radius 3 is 2.53 bits per heavy atom. The number of nitrogens with zero attached hydrogens (tertiary/aromatic N) is 1. The van der Waals surface area contributed by atoms with Gasteiger partial charge < -0.3 is 4.74 Å². The van der Waals surface area contributed by atoms with Crippen LogP contribution in [0.5, 0.6) is 0 Å². The maximum absolute atomic E-state index is 12.9. The first-order valence-corrected chi connectivity index (χ1v) is 7.81. The summed E-state index contributed by atoms with van der Waals surface area (Å²) in [4.78, 5) is 16.5. The molecule has 0 spiro atoms. The molecule has 0 radical (unpaired) electrons. The average molecular weight is 409 g/mol. The number of rotatable bonds is 3. The molecule has 0 aliphatic rings. The highest BCUT2D eigenvalue weighted by molar-refractivity contribution is 9.24. The molecule has 1 heterocycles. The Bertz CT molecular complexity index is 598. The predicted octanol–water partition coefficient (Wildman–Crippen LogP) is 4.52. The average Bonchev–Trinajstić information content (AvgIpc) is 2.84. The second-order valence-electron chi connectivity index (χ2n) is 3.53. The maximum Gasteiger partial charge on any atom is 0.350 e. The normalized spacial score (nSPS) is 10.8. The molecule has 0 aliphatic carbocycles. The highest BCUT2D eigenvalue weighted by atomic mass is 79.9. The number of benzene rings is 1. The maximum atomic E-state index is 12.9. The van der Waals surface area contributed by atoms with Gasteiger partial charge in [0, 0.05) is 5.56 Å². The molecule has 0 amide bonds. The number of aromatic nitrogens is 1. The number of carbonyl (C=O) groups is 1. The molecule has 0 unspecified atom stereocenters. The molecule has 3 nitrogen and oxygen atoms in total. The van der Waals surface area contributed by atoms with E-state index in [2.05, 4.69) is 36.8 Å². The van der Waals surface area contributed by atoms with E-state index in [0.717, 1.165) is 5.56 Å². The number of alkyl halides is 2. The van der Waals surface area contributed by atoms with E-state index in [9.17, 15) is 9.18 Å². The number of methoxy groups -OCH3 is 1. The van der Waals surface area contributed by atoms with Gasteiger partial charge in [0.25, 0.3) is 0 Å². The summed E-state index contributed by atoms with van der Waals surface area (Å²) in [7, 11) is 1.32. The Morgan fingerprint density at radius 1 is 1.37 bits per heavy atom. The summed E-state index contributed by atoms with van der Waals surface area (Å²) in [5, 5.41) is 0.638. The van der Waals surface area contributed by atoms with Gasteiger partial charge in [0.1, 0.15) is 19.4 Å². The van der Waals surface area contributed by atoms with Gasteiger partial charge >= 0.3 is 5.97 Å². The minimum absolute atomic E-state index is 0.250. The Labute approximate surface area is 130 Å². The van der Waals surface area contributed by atoms with Crippen LogP contribution in [-0.2, 0) is 4.74 Å². The zero-order valence-electron chi connectivity index (χ0n) is 9.69. The van der Waals surface area contributed by atoms with Crippen molar-refractivity contribution in [3.8, 4) is 10.6 Å². The fourth-order valence-corrected chi connectivity index (χ4v) is 3.43. The van der Waals surface area contributed by atoms with Crippen molar-refractivity contribution >= 4 is 49.2 Å². The summed E-state index contributed by atoms with van der Waals surface area (Å²) in [6.07, 6.45) is 0. The summed E-state index contributed by atoms with van der Waals surface area (Å²) in [6.45, 7) is 0. The molecule has 0 saturated carbocycles. The Balaban J connectivity index is 2.48. The summed E-state index contributed by atoms with van der Waals surface area (Å²) in [5.74, 6) is -0.752. The van der Waals surface area contributed by atoms with Crippen LogP contribution in [0.3, 0.4) is 0 Å². The van der Waals surface area contributed by atoms with Gasteiger partial charge in [-0.05, 0) is 24.3 Å². The van der Waals surface area contributed by atoms with Crippen LogP contribution in [0.25, 0.3) is 10.6 Å². The first kappa shape index (κ1) is 14.6. The number of thiazole rings is 1. The molecule has 7 heteroatoms. The smallest absolute Gasteiger partial charge is 0.350 e. The summed E-state index contributed by atoms with van der Waals surface area (Å²) >= 11 is 7.85. The lowest BCUT2D eigenvalue weighted by molar-refractivity contribution is 0.0605. The molecule has 19 heavy (non-hydrogen) atoms. The quantitative estimate of drug-likeness (QED) is 0.553. The standard InChI is InChI=1S/C12H8Br2FNO2S/c1-18-12(17)9-8(10(13)14)16-11(19-9)6-2-4-7(15)5-3-6/h2-5,10H,1H3. The number of halogens is 3. The molecule has 2 aromatic rings. The Hall–Kier alpha value is -0.790. The molecule has 0 N–H and O–H groups in total. The lowest BCUT2D eigenvalue weighted by atomic mass is 10.2. The second kappa shape index (κ2) is 6.11. The van der Waals surface area contributed by atoms with Crippen LogP contribution in [0.15, 0.2) is 24.3 Å². The molecule has 0 aliphatic heterocycles. The van der Waals surface area contributed by atoms with E-state index in [4.69, 9.17) is 4.74 Å². The lowest BCUT2D eigenvalue weighted by Gasteiger charge is -1.99. The van der Waals surface area contributed by atoms with Crippen molar-refractivity contribution in [1.82, 2.24) is 4.98 Å². The molecular formula is C12H8Br2FNO2S. The predicted molar refractivity (Wildman–Crippen MR) is 79.4 cm³/mol. The molecule has 0 fully saturated rings. The van der Waals surface area contributed by atoms with Crippen LogP contribution in [0.4, 0.5) is 4.39 Å². The number of hydrogen-bond acceptors (Lipinski definition) is 4. The van der Waals surface area contributed by atoms with Gasteiger partial charge in [-0.2, -0.15) is 0 Å². The van der Waals surface area contributed by atoms with Crippen LogP contribution in [0, 0.1) is 5.82 Å². The van der Waals surface area contributed by atoms with Gasteiger partial charge in [-0.15, -0.1) is 11.3 Å². The zero-order valence-corrected chi connectivity index (χ0v) is 13.7. The van der Waals surface area contributed by atoms with E-state index in [-0.39, 0.29) is 9.55 Å². The number of esters is 1. The van der Waals surface area contributed by atoms with Crippen LogP contribution in [-0.4, -0.2) is 18.1 Å². The third kappa shape index (κ3) is 3.21. The molecule has 0 atom stereocenters. The second-order valence-corrected chi connectivity index (χ2v) is 7.59. The third-order valence-corrected chi connectivity index (χ3v) is 4.29. The fraction of sp³-hybridized carbons (Fsp3) is 0.167. The molecular weight excluding hydrogens is 401 g/mol. The van der Waals surface area contributed by atoms with E-state index >= 15 is 0 Å². The summed E-state index contributed by atoms with van der Waals surface area (Å²) in [6, 6.07) is 5.95. The molecule has 100 valence electrons. The van der Waals surface area contributed by atoms with Gasteiger partial charge in [0.2, 0.25) is 0 Å². The van der Waals surface area contributed by atoms with Gasteiger partial charge in [0.15, 0.2) is 0 Å². The van der Waals surface area contributed by atoms with Gasteiger partial charge in [0.05, 0.1) is 12.8 Å². The largest absolute Gasteiger partial charge is 0.465 e. The topological polar surface area (TPSA) is 39.2 Å². The van der Waals surface area contributed by atoms with Gasteiger partial charge in [-0.1, -0.05) is 31.9 Å². The summed E-state index contributed by atoms with van der Waals surface area (Å²) in [5.41, 5.74) is 1.31. The number of hydrogen-bond donors (Lipinski definition) is 0. The monoisotopic (exact) mass is 407 g/mol. The molecule has 2 rings (SSSR count). The number of carbonyl (C=O) groups excluding carboxylic acids is 1. The van der Waals surface area contributed by atoms with E-state index in [1.165, 1.54) is 30.6 Å². The zero-order chi connectivity index (χ0) is 14.0. The first-order chi connectivity index (χ1) is 9.02. The third-order valence-electron chi connectivity index (χ3n) is 2.32. The van der Waals surface area contributed by atoms with Crippen LogP contribution >= 0.6 is 43.2 Å². The minimum atomic E-state index is -0.440. The molecule has 0 saturated heterocycles. The van der Waals surface area contributed by atoms with Crippen molar-refractivity contribution in [3.63, 3.8) is 0 Å². The first-order valence-electron chi connectivity index (χ1n) is 5.16. The summed E-state index contributed by atoms with van der Waals surface area (Å²) < 4.78 is 17.4. The van der Waals surface area contributed by atoms with Gasteiger partial charge in [-0.3, -0.25) is 0 Å².